The van der Waals surface area contributed by atoms with Crippen LogP contribution in [0, 0.1) is 0 Å². The third kappa shape index (κ3) is 3.92. The zero-order valence-corrected chi connectivity index (χ0v) is 17.4. The Bertz CT molecular complexity index is 1120. The second kappa shape index (κ2) is 8.44. The van der Waals surface area contributed by atoms with Crippen LogP contribution in [0.5, 0.6) is 0 Å². The molecule has 1 saturated heterocycles. The molecule has 4 rings (SSSR count). The van der Waals surface area contributed by atoms with Gasteiger partial charge in [0.2, 0.25) is 0 Å². The molecule has 2 heterocycles. The number of amides is 1. The molecule has 6 nitrogen and oxygen atoms in total. The molecule has 156 valence electrons. The number of benzene rings is 2. The van der Waals surface area contributed by atoms with Crippen molar-refractivity contribution in [3.8, 4) is 0 Å². The molecule has 1 fully saturated rings. The minimum atomic E-state index is -0.710. The molecule has 0 aliphatic carbocycles. The first-order chi connectivity index (χ1) is 15.0. The van der Waals surface area contributed by atoms with Gasteiger partial charge in [-0.15, -0.1) is 0 Å². The topological polar surface area (TPSA) is 73.7 Å². The Kier molecular flexibility index (Phi) is 5.54. The predicted octanol–water partition coefficient (Wildman–Crippen LogP) is 3.77. The molecule has 31 heavy (non-hydrogen) atoms. The van der Waals surface area contributed by atoms with E-state index in [2.05, 4.69) is 4.98 Å². The van der Waals surface area contributed by atoms with Crippen LogP contribution in [-0.2, 0) is 16.1 Å². The molecule has 1 N–H and O–H groups in total. The number of hydrogen-bond donors (Lipinski definition) is 1. The molecule has 0 radical (unpaired) electrons. The van der Waals surface area contributed by atoms with Gasteiger partial charge in [0.15, 0.2) is 0 Å². The maximum atomic E-state index is 13.0. The molecule has 1 amide bonds. The second-order valence-electron chi connectivity index (χ2n) is 7.60. The number of aliphatic hydroxyl groups is 1. The lowest BCUT2D eigenvalue weighted by atomic mass is 9.95. The van der Waals surface area contributed by atoms with Gasteiger partial charge in [0.05, 0.1) is 23.9 Å². The lowest BCUT2D eigenvalue weighted by molar-refractivity contribution is -0.140. The summed E-state index contributed by atoms with van der Waals surface area (Å²) in [7, 11) is 3.88. The zero-order valence-electron chi connectivity index (χ0n) is 17.4. The summed E-state index contributed by atoms with van der Waals surface area (Å²) in [4.78, 5) is 33.8. The Morgan fingerprint density at radius 3 is 2.26 bits per heavy atom. The fourth-order valence-electron chi connectivity index (χ4n) is 3.76. The summed E-state index contributed by atoms with van der Waals surface area (Å²) >= 11 is 0. The minimum Gasteiger partial charge on any atom is -0.507 e. The number of anilines is 1. The van der Waals surface area contributed by atoms with Crippen molar-refractivity contribution in [2.75, 3.05) is 19.0 Å². The monoisotopic (exact) mass is 413 g/mol. The Morgan fingerprint density at radius 1 is 0.968 bits per heavy atom. The number of carbonyl (C=O) groups excluding carboxylic acids is 2. The Morgan fingerprint density at radius 2 is 1.65 bits per heavy atom. The number of aliphatic hydroxyl groups excluding tert-OH is 1. The molecule has 3 aromatic rings. The summed E-state index contributed by atoms with van der Waals surface area (Å²) in [6.07, 6.45) is 1.65. The molecule has 1 aliphatic rings. The van der Waals surface area contributed by atoms with Crippen LogP contribution >= 0.6 is 0 Å². The highest BCUT2D eigenvalue weighted by Gasteiger charge is 2.46. The van der Waals surface area contributed by atoms with Crippen molar-refractivity contribution in [2.24, 2.45) is 0 Å². The molecule has 0 spiro atoms. The molecular formula is C25H23N3O3. The van der Waals surface area contributed by atoms with E-state index >= 15 is 0 Å². The van der Waals surface area contributed by atoms with Gasteiger partial charge in [0.1, 0.15) is 5.76 Å². The highest BCUT2D eigenvalue weighted by molar-refractivity contribution is 6.46. The van der Waals surface area contributed by atoms with E-state index in [4.69, 9.17) is 0 Å². The highest BCUT2D eigenvalue weighted by atomic mass is 16.3. The summed E-state index contributed by atoms with van der Waals surface area (Å²) in [5, 5.41) is 11.0. The highest BCUT2D eigenvalue weighted by Crippen LogP contribution is 2.40. The van der Waals surface area contributed by atoms with Gasteiger partial charge in [-0.2, -0.15) is 0 Å². The number of hydrogen-bond acceptors (Lipinski definition) is 5. The number of carbonyl (C=O) groups is 2. The summed E-state index contributed by atoms with van der Waals surface area (Å²) in [5.41, 5.74) is 2.99. The van der Waals surface area contributed by atoms with Crippen LogP contribution in [0.25, 0.3) is 5.76 Å². The lowest BCUT2D eigenvalue weighted by Crippen LogP contribution is -2.29. The Hall–Kier alpha value is -3.93. The fourth-order valence-corrected chi connectivity index (χ4v) is 3.76. The lowest BCUT2D eigenvalue weighted by Gasteiger charge is -2.25. The number of pyridine rings is 1. The number of Topliss-reactive ketones (excluding diaryl/α,β-unsaturated/α-hetero) is 1. The smallest absolute Gasteiger partial charge is 0.296 e. The fraction of sp³-hybridized carbons (Fsp3) is 0.160. The Balaban J connectivity index is 1.84. The SMILES string of the molecule is CN(C)c1ccc(C2/C(=C(/O)c3ccccc3)C(=O)C(=O)N2Cc2ccccn2)cc1. The van der Waals surface area contributed by atoms with E-state index in [9.17, 15) is 14.7 Å². The summed E-state index contributed by atoms with van der Waals surface area (Å²) in [6, 6.07) is 21.2. The molecule has 1 aliphatic heterocycles. The van der Waals surface area contributed by atoms with Gasteiger partial charge in [0.25, 0.3) is 11.7 Å². The van der Waals surface area contributed by atoms with Crippen molar-refractivity contribution in [3.05, 3.63) is 101 Å². The first-order valence-electron chi connectivity index (χ1n) is 9.98. The molecule has 0 saturated carbocycles. The van der Waals surface area contributed by atoms with Crippen LogP contribution in [0.3, 0.4) is 0 Å². The van der Waals surface area contributed by atoms with Crippen molar-refractivity contribution in [3.63, 3.8) is 0 Å². The largest absolute Gasteiger partial charge is 0.507 e. The average molecular weight is 413 g/mol. The normalized spacial score (nSPS) is 17.7. The van der Waals surface area contributed by atoms with E-state index in [0.717, 1.165) is 11.3 Å². The van der Waals surface area contributed by atoms with Gasteiger partial charge in [-0.3, -0.25) is 14.6 Å². The first-order valence-corrected chi connectivity index (χ1v) is 9.98. The van der Waals surface area contributed by atoms with Crippen molar-refractivity contribution < 1.29 is 14.7 Å². The van der Waals surface area contributed by atoms with Gasteiger partial charge in [-0.25, -0.2) is 0 Å². The minimum absolute atomic E-state index is 0.0877. The molecule has 1 unspecified atom stereocenters. The maximum Gasteiger partial charge on any atom is 0.296 e. The first kappa shape index (κ1) is 20.3. The van der Waals surface area contributed by atoms with Gasteiger partial charge < -0.3 is 14.9 Å². The molecule has 6 heteroatoms. The quantitative estimate of drug-likeness (QED) is 0.392. The Labute approximate surface area is 181 Å². The molecule has 1 atom stereocenters. The predicted molar refractivity (Wildman–Crippen MR) is 119 cm³/mol. The van der Waals surface area contributed by atoms with Crippen LogP contribution in [-0.4, -0.2) is 40.8 Å². The molecule has 2 aromatic carbocycles. The standard InChI is InChI=1S/C25H23N3O3/c1-27(2)20-13-11-17(12-14-20)22-21(23(29)18-8-4-3-5-9-18)24(30)25(31)28(22)16-19-10-6-7-15-26-19/h3-15,22,29H,16H2,1-2H3/b23-21-. The van der Waals surface area contributed by atoms with Gasteiger partial charge in [-0.1, -0.05) is 48.5 Å². The van der Waals surface area contributed by atoms with E-state index in [1.807, 2.05) is 61.5 Å². The molecule has 1 aromatic heterocycles. The van der Waals surface area contributed by atoms with Crippen LogP contribution in [0.1, 0.15) is 22.9 Å². The molecular weight excluding hydrogens is 390 g/mol. The number of nitrogens with zero attached hydrogens (tertiary/aromatic N) is 3. The summed E-state index contributed by atoms with van der Waals surface area (Å²) < 4.78 is 0. The average Bonchev–Trinajstić information content (AvgIpc) is 3.05. The van der Waals surface area contributed by atoms with Crippen molar-refractivity contribution in [1.82, 2.24) is 9.88 Å². The second-order valence-corrected chi connectivity index (χ2v) is 7.60. The van der Waals surface area contributed by atoms with Crippen molar-refractivity contribution >= 4 is 23.1 Å². The van der Waals surface area contributed by atoms with Crippen LogP contribution in [0.2, 0.25) is 0 Å². The number of aromatic nitrogens is 1. The summed E-state index contributed by atoms with van der Waals surface area (Å²) in [6.45, 7) is 0.164. The molecule has 0 bridgehead atoms. The van der Waals surface area contributed by atoms with Crippen molar-refractivity contribution in [2.45, 2.75) is 12.6 Å². The summed E-state index contributed by atoms with van der Waals surface area (Å²) in [5.74, 6) is -1.52. The third-order valence-corrected chi connectivity index (χ3v) is 5.37. The third-order valence-electron chi connectivity index (χ3n) is 5.37. The number of likely N-dealkylation sites (tertiary alicyclic amines) is 1. The van der Waals surface area contributed by atoms with Crippen molar-refractivity contribution in [1.29, 1.82) is 0 Å². The van der Waals surface area contributed by atoms with E-state index in [-0.39, 0.29) is 17.9 Å². The van der Waals surface area contributed by atoms with Gasteiger partial charge in [-0.05, 0) is 29.8 Å². The van der Waals surface area contributed by atoms with E-state index in [0.29, 0.717) is 11.3 Å². The van der Waals surface area contributed by atoms with Crippen LogP contribution in [0.4, 0.5) is 5.69 Å². The van der Waals surface area contributed by atoms with Crippen LogP contribution in [0.15, 0.2) is 84.6 Å². The number of rotatable bonds is 5. The number of ketones is 1. The van der Waals surface area contributed by atoms with E-state index in [1.54, 1.807) is 36.5 Å². The van der Waals surface area contributed by atoms with E-state index < -0.39 is 17.7 Å². The van der Waals surface area contributed by atoms with Gasteiger partial charge in [0, 0.05) is 31.5 Å². The zero-order chi connectivity index (χ0) is 22.0. The van der Waals surface area contributed by atoms with E-state index in [1.165, 1.54) is 4.90 Å². The van der Waals surface area contributed by atoms with Gasteiger partial charge >= 0.3 is 0 Å². The maximum absolute atomic E-state index is 13.0. The van der Waals surface area contributed by atoms with Crippen LogP contribution < -0.4 is 4.90 Å².